The first kappa shape index (κ1) is 18.0. The summed E-state index contributed by atoms with van der Waals surface area (Å²) in [7, 11) is -2.50. The summed E-state index contributed by atoms with van der Waals surface area (Å²) in [6.45, 7) is 0. The molecule has 0 fully saturated rings. The smallest absolute Gasteiger partial charge is 0.265 e. The van der Waals surface area contributed by atoms with Gasteiger partial charge in [0.25, 0.3) is 15.9 Å². The second-order valence-electron chi connectivity index (χ2n) is 5.63. The summed E-state index contributed by atoms with van der Waals surface area (Å²) in [4.78, 5) is 11.2. The summed E-state index contributed by atoms with van der Waals surface area (Å²) < 4.78 is 30.5. The average Bonchev–Trinajstić information content (AvgIpc) is 3.18. The first-order valence-electron chi connectivity index (χ1n) is 7.56. The molecule has 0 saturated carbocycles. The summed E-state index contributed by atoms with van der Waals surface area (Å²) in [5.41, 5.74) is 11.9. The summed E-state index contributed by atoms with van der Waals surface area (Å²) in [6, 6.07) is 9.52. The topological polar surface area (TPSA) is 162 Å². The van der Waals surface area contributed by atoms with E-state index < -0.39 is 15.9 Å². The highest BCUT2D eigenvalue weighted by molar-refractivity contribution is 7.92. The van der Waals surface area contributed by atoms with E-state index in [0.717, 1.165) is 0 Å². The van der Waals surface area contributed by atoms with E-state index in [9.17, 15) is 13.2 Å². The molecule has 1 aromatic carbocycles. The molecule has 10 nitrogen and oxygen atoms in total. The minimum absolute atomic E-state index is 0.0543. The van der Waals surface area contributed by atoms with Gasteiger partial charge in [-0.3, -0.25) is 9.52 Å². The number of nitriles is 1. The normalized spacial score (nSPS) is 11.1. The van der Waals surface area contributed by atoms with Gasteiger partial charge >= 0.3 is 0 Å². The van der Waals surface area contributed by atoms with Crippen LogP contribution in [-0.2, 0) is 17.1 Å². The SMILES string of the molecule is Cn1cc(S(=O)(=O)Nc2ccccc2-n2ncc(C#N)c2N)cc1C(N)=O. The van der Waals surface area contributed by atoms with Crippen molar-refractivity contribution in [2.75, 3.05) is 10.5 Å². The average molecular weight is 385 g/mol. The van der Waals surface area contributed by atoms with Crippen LogP contribution in [0.3, 0.4) is 0 Å². The molecule has 2 heterocycles. The van der Waals surface area contributed by atoms with Crippen molar-refractivity contribution in [3.05, 3.63) is 54.0 Å². The number of aryl methyl sites for hydroxylation is 1. The van der Waals surface area contributed by atoms with Crippen molar-refractivity contribution in [3.8, 4) is 11.8 Å². The third-order valence-electron chi connectivity index (χ3n) is 3.85. The zero-order chi connectivity index (χ0) is 19.8. The first-order chi connectivity index (χ1) is 12.7. The number of rotatable bonds is 5. The van der Waals surface area contributed by atoms with Gasteiger partial charge in [-0.05, 0) is 18.2 Å². The van der Waals surface area contributed by atoms with E-state index in [1.807, 2.05) is 6.07 Å². The van der Waals surface area contributed by atoms with Crippen LogP contribution in [0.5, 0.6) is 0 Å². The van der Waals surface area contributed by atoms with Crippen LogP contribution in [0.2, 0.25) is 0 Å². The highest BCUT2D eigenvalue weighted by atomic mass is 32.2. The van der Waals surface area contributed by atoms with Crippen LogP contribution in [0.15, 0.2) is 47.6 Å². The number of anilines is 2. The van der Waals surface area contributed by atoms with Crippen molar-refractivity contribution in [2.24, 2.45) is 12.8 Å². The lowest BCUT2D eigenvalue weighted by Gasteiger charge is -2.12. The van der Waals surface area contributed by atoms with Gasteiger partial charge in [-0.25, -0.2) is 13.1 Å². The van der Waals surface area contributed by atoms with E-state index in [2.05, 4.69) is 9.82 Å². The van der Waals surface area contributed by atoms with Gasteiger partial charge in [0.05, 0.1) is 17.6 Å². The molecule has 11 heteroatoms. The third-order valence-corrected chi connectivity index (χ3v) is 5.18. The minimum Gasteiger partial charge on any atom is -0.382 e. The number of benzene rings is 1. The molecule has 3 rings (SSSR count). The number of carbonyl (C=O) groups excluding carboxylic acids is 1. The molecule has 1 amide bonds. The Kier molecular flexibility index (Phi) is 4.34. The predicted octanol–water partition coefficient (Wildman–Crippen LogP) is 0.564. The molecule has 0 aliphatic heterocycles. The van der Waals surface area contributed by atoms with Crippen molar-refractivity contribution in [2.45, 2.75) is 4.90 Å². The first-order valence-corrected chi connectivity index (χ1v) is 9.05. The number of amides is 1. The van der Waals surface area contributed by atoms with Crippen molar-refractivity contribution >= 4 is 27.4 Å². The number of sulfonamides is 1. The molecule has 0 bridgehead atoms. The highest BCUT2D eigenvalue weighted by Crippen LogP contribution is 2.26. The number of para-hydroxylation sites is 2. The molecule has 5 N–H and O–H groups in total. The minimum atomic E-state index is -4.02. The molecule has 3 aromatic rings. The van der Waals surface area contributed by atoms with Crippen molar-refractivity contribution in [1.82, 2.24) is 14.3 Å². The summed E-state index contributed by atoms with van der Waals surface area (Å²) in [5.74, 6) is -0.660. The number of nitrogens with two attached hydrogens (primary N) is 2. The van der Waals surface area contributed by atoms with Crippen molar-refractivity contribution < 1.29 is 13.2 Å². The van der Waals surface area contributed by atoms with E-state index >= 15 is 0 Å². The Morgan fingerprint density at radius 1 is 1.33 bits per heavy atom. The van der Waals surface area contributed by atoms with E-state index in [0.29, 0.717) is 5.69 Å². The zero-order valence-corrected chi connectivity index (χ0v) is 14.9. The van der Waals surface area contributed by atoms with Gasteiger partial charge in [-0.2, -0.15) is 10.4 Å². The van der Waals surface area contributed by atoms with Crippen LogP contribution in [0.25, 0.3) is 5.69 Å². The van der Waals surface area contributed by atoms with Crippen LogP contribution in [0.1, 0.15) is 16.1 Å². The number of hydrogen-bond acceptors (Lipinski definition) is 6. The van der Waals surface area contributed by atoms with Crippen molar-refractivity contribution in [1.29, 1.82) is 5.26 Å². The van der Waals surface area contributed by atoms with Gasteiger partial charge in [0, 0.05) is 13.2 Å². The number of carbonyl (C=O) groups is 1. The van der Waals surface area contributed by atoms with Crippen LogP contribution < -0.4 is 16.2 Å². The molecular weight excluding hydrogens is 370 g/mol. The maximum atomic E-state index is 12.7. The lowest BCUT2D eigenvalue weighted by atomic mass is 10.2. The summed E-state index contributed by atoms with van der Waals surface area (Å²) in [6.07, 6.45) is 2.57. The van der Waals surface area contributed by atoms with E-state index in [1.165, 1.54) is 40.8 Å². The zero-order valence-electron chi connectivity index (χ0n) is 14.1. The number of nitrogen functional groups attached to an aromatic ring is 1. The fourth-order valence-electron chi connectivity index (χ4n) is 2.51. The van der Waals surface area contributed by atoms with Gasteiger partial charge < -0.3 is 16.0 Å². The fraction of sp³-hybridized carbons (Fsp3) is 0.0625. The second-order valence-corrected chi connectivity index (χ2v) is 7.31. The molecule has 0 saturated heterocycles. The molecule has 2 aromatic heterocycles. The Balaban J connectivity index is 2.04. The Morgan fingerprint density at radius 2 is 2.04 bits per heavy atom. The van der Waals surface area contributed by atoms with Crippen molar-refractivity contribution in [3.63, 3.8) is 0 Å². The Hall–Kier alpha value is -3.78. The molecule has 0 aliphatic carbocycles. The van der Waals surface area contributed by atoms with E-state index in [1.54, 1.807) is 18.2 Å². The standard InChI is InChI=1S/C16H15N7O3S/c1-22-9-11(6-14(22)16(19)24)27(25,26)21-12-4-2-3-5-13(12)23-15(18)10(7-17)8-20-23/h2-6,8-9,21H,18H2,1H3,(H2,19,24). The van der Waals surface area contributed by atoms with E-state index in [-0.39, 0.29) is 27.7 Å². The maximum absolute atomic E-state index is 12.7. The molecule has 0 spiro atoms. The maximum Gasteiger partial charge on any atom is 0.265 e. The van der Waals surface area contributed by atoms with Crippen LogP contribution in [0.4, 0.5) is 11.5 Å². The number of nitrogens with zero attached hydrogens (tertiary/aromatic N) is 4. The molecule has 0 unspecified atom stereocenters. The van der Waals surface area contributed by atoms with E-state index in [4.69, 9.17) is 16.7 Å². The number of nitrogens with one attached hydrogen (secondary N) is 1. The number of hydrogen-bond donors (Lipinski definition) is 3. The second kappa shape index (κ2) is 6.50. The monoisotopic (exact) mass is 385 g/mol. The number of primary amides is 1. The number of aromatic nitrogens is 3. The highest BCUT2D eigenvalue weighted by Gasteiger charge is 2.22. The molecule has 0 radical (unpaired) electrons. The largest absolute Gasteiger partial charge is 0.382 e. The van der Waals surface area contributed by atoms with Gasteiger partial charge in [0.2, 0.25) is 0 Å². The Bertz CT molecular complexity index is 1190. The van der Waals surface area contributed by atoms with Crippen LogP contribution >= 0.6 is 0 Å². The van der Waals surface area contributed by atoms with Gasteiger partial charge in [0.1, 0.15) is 28.0 Å². The molecule has 27 heavy (non-hydrogen) atoms. The van der Waals surface area contributed by atoms with Crippen LogP contribution in [-0.4, -0.2) is 28.7 Å². The Morgan fingerprint density at radius 3 is 2.63 bits per heavy atom. The predicted molar refractivity (Wildman–Crippen MR) is 97.4 cm³/mol. The summed E-state index contributed by atoms with van der Waals surface area (Å²) >= 11 is 0. The molecule has 0 atom stereocenters. The van der Waals surface area contributed by atoms with Gasteiger partial charge in [-0.15, -0.1) is 0 Å². The van der Waals surface area contributed by atoms with Crippen LogP contribution in [0, 0.1) is 11.3 Å². The Labute approximate surface area is 154 Å². The quantitative estimate of drug-likeness (QED) is 0.581. The summed E-state index contributed by atoms with van der Waals surface area (Å²) in [5, 5.41) is 13.1. The lowest BCUT2D eigenvalue weighted by molar-refractivity contribution is 0.0992. The van der Waals surface area contributed by atoms with Gasteiger partial charge in [0.15, 0.2) is 0 Å². The fourth-order valence-corrected chi connectivity index (χ4v) is 3.65. The molecular formula is C16H15N7O3S. The third kappa shape index (κ3) is 3.21. The van der Waals surface area contributed by atoms with Gasteiger partial charge in [-0.1, -0.05) is 12.1 Å². The molecule has 138 valence electrons. The lowest BCUT2D eigenvalue weighted by Crippen LogP contribution is -2.15. The molecule has 0 aliphatic rings.